The van der Waals surface area contributed by atoms with Gasteiger partial charge in [0.25, 0.3) is 0 Å². The molecule has 8 nitrogen and oxygen atoms in total. The first-order chi connectivity index (χ1) is 18.2. The molecule has 2 aromatic carbocycles. The number of aromatic nitrogens is 2. The summed E-state index contributed by atoms with van der Waals surface area (Å²) in [4.78, 5) is 6.67. The van der Waals surface area contributed by atoms with Gasteiger partial charge in [-0.05, 0) is 80.2 Å². The van der Waals surface area contributed by atoms with Crippen LogP contribution in [0, 0.1) is 13.8 Å². The van der Waals surface area contributed by atoms with Crippen molar-refractivity contribution >= 4 is 38.7 Å². The molecule has 2 aromatic heterocycles. The van der Waals surface area contributed by atoms with E-state index >= 15 is 0 Å². The van der Waals surface area contributed by atoms with E-state index in [0.717, 1.165) is 40.3 Å². The fourth-order valence-electron chi connectivity index (χ4n) is 5.14. The number of rotatable bonds is 7. The minimum atomic E-state index is -3.53. The average molecular weight is 548 g/mol. The smallest absolute Gasteiger partial charge is 0.229 e. The Bertz CT molecular complexity index is 1590. The third kappa shape index (κ3) is 4.84. The Morgan fingerprint density at radius 1 is 1.00 bits per heavy atom. The first-order valence-corrected chi connectivity index (χ1v) is 14.4. The Morgan fingerprint density at radius 3 is 2.39 bits per heavy atom. The van der Waals surface area contributed by atoms with Crippen molar-refractivity contribution in [2.75, 3.05) is 23.0 Å². The number of aryl methyl sites for hydroxylation is 1. The van der Waals surface area contributed by atoms with E-state index in [1.807, 2.05) is 47.4 Å². The summed E-state index contributed by atoms with van der Waals surface area (Å²) in [5.74, 6) is 0.414. The first-order valence-electron chi connectivity index (χ1n) is 12.1. The molecule has 1 fully saturated rings. The predicted molar refractivity (Wildman–Crippen MR) is 155 cm³/mol. The highest BCUT2D eigenvalue weighted by Crippen LogP contribution is 2.45. The van der Waals surface area contributed by atoms with Crippen LogP contribution in [0.3, 0.4) is 0 Å². The number of ether oxygens (including phenoxy) is 1. The van der Waals surface area contributed by atoms with E-state index in [-0.39, 0.29) is 12.1 Å². The standard InChI is InChI=1S/C28H29N5O3S2/c1-18-16-22(19(2)32(18)20-10-6-5-7-11-20)27-26(23-12-8-9-15-29-23)30-28(37)33(27)21-13-14-25(36-3)24(17-21)31-38(4,34)35/h5-17,26-27,31H,1-4H3,(H,30,37). The predicted octanol–water partition coefficient (Wildman–Crippen LogP) is 5.05. The number of nitrogens with zero attached hydrogens (tertiary/aromatic N) is 3. The van der Waals surface area contributed by atoms with Gasteiger partial charge in [-0.2, -0.15) is 0 Å². The fraction of sp³-hybridized carbons (Fsp3) is 0.214. The molecule has 2 N–H and O–H groups in total. The Balaban J connectivity index is 1.68. The van der Waals surface area contributed by atoms with Crippen LogP contribution in [0.4, 0.5) is 11.4 Å². The number of anilines is 2. The molecule has 10 heteroatoms. The third-order valence-electron chi connectivity index (χ3n) is 6.66. The van der Waals surface area contributed by atoms with Crippen LogP contribution in [-0.2, 0) is 10.0 Å². The molecule has 4 aromatic rings. The van der Waals surface area contributed by atoms with E-state index in [1.165, 1.54) is 7.11 Å². The topological polar surface area (TPSA) is 88.5 Å². The quantitative estimate of drug-likeness (QED) is 0.313. The molecular weight excluding hydrogens is 518 g/mol. The zero-order valence-corrected chi connectivity index (χ0v) is 23.2. The lowest BCUT2D eigenvalue weighted by Crippen LogP contribution is -2.29. The summed E-state index contributed by atoms with van der Waals surface area (Å²) in [6.45, 7) is 4.20. The molecule has 0 aliphatic carbocycles. The number of methoxy groups -OCH3 is 1. The Kier molecular flexibility index (Phi) is 6.85. The molecule has 2 atom stereocenters. The molecule has 196 valence electrons. The number of benzene rings is 2. The summed E-state index contributed by atoms with van der Waals surface area (Å²) in [6, 6.07) is 23.1. The van der Waals surface area contributed by atoms with Crippen molar-refractivity contribution < 1.29 is 13.2 Å². The number of thiocarbonyl (C=S) groups is 1. The largest absolute Gasteiger partial charge is 0.495 e. The number of hydrogen-bond donors (Lipinski definition) is 2. The van der Waals surface area contributed by atoms with Crippen LogP contribution in [0.1, 0.15) is 34.7 Å². The molecule has 0 saturated carbocycles. The van der Waals surface area contributed by atoms with Crippen molar-refractivity contribution in [1.82, 2.24) is 14.9 Å². The van der Waals surface area contributed by atoms with Crippen LogP contribution in [0.5, 0.6) is 5.75 Å². The average Bonchev–Trinajstić information content (AvgIpc) is 3.39. The lowest BCUT2D eigenvalue weighted by molar-refractivity contribution is 0.417. The van der Waals surface area contributed by atoms with E-state index in [9.17, 15) is 8.42 Å². The van der Waals surface area contributed by atoms with Gasteiger partial charge in [-0.3, -0.25) is 9.71 Å². The molecule has 0 bridgehead atoms. The molecule has 5 rings (SSSR count). The summed E-state index contributed by atoms with van der Waals surface area (Å²) < 4.78 is 34.4. The minimum Gasteiger partial charge on any atom is -0.495 e. The second-order valence-electron chi connectivity index (χ2n) is 9.25. The highest BCUT2D eigenvalue weighted by atomic mass is 32.2. The molecular formula is C28H29N5O3S2. The SMILES string of the molecule is COc1ccc(N2C(=S)NC(c3ccccn3)C2c2cc(C)n(-c3ccccc3)c2C)cc1NS(C)(=O)=O. The van der Waals surface area contributed by atoms with Gasteiger partial charge in [-0.15, -0.1) is 0 Å². The van der Waals surface area contributed by atoms with Crippen molar-refractivity contribution in [2.45, 2.75) is 25.9 Å². The van der Waals surface area contributed by atoms with E-state index in [4.69, 9.17) is 17.0 Å². The number of sulfonamides is 1. The number of hydrogen-bond acceptors (Lipinski definition) is 5. The summed E-state index contributed by atoms with van der Waals surface area (Å²) in [5.41, 5.74) is 6.26. The highest BCUT2D eigenvalue weighted by Gasteiger charge is 2.42. The van der Waals surface area contributed by atoms with Crippen molar-refractivity contribution in [3.05, 3.63) is 102 Å². The normalized spacial score (nSPS) is 17.4. The monoisotopic (exact) mass is 547 g/mol. The van der Waals surface area contributed by atoms with Crippen molar-refractivity contribution in [2.24, 2.45) is 0 Å². The van der Waals surface area contributed by atoms with Crippen LogP contribution < -0.4 is 19.7 Å². The summed E-state index contributed by atoms with van der Waals surface area (Å²) >= 11 is 5.88. The Labute approximate surface area is 228 Å². The second-order valence-corrected chi connectivity index (χ2v) is 11.4. The van der Waals surface area contributed by atoms with Crippen LogP contribution in [0.25, 0.3) is 5.69 Å². The third-order valence-corrected chi connectivity index (χ3v) is 7.56. The van der Waals surface area contributed by atoms with Crippen LogP contribution in [-0.4, -0.2) is 36.4 Å². The molecule has 38 heavy (non-hydrogen) atoms. The van der Waals surface area contributed by atoms with E-state index in [1.54, 1.807) is 18.3 Å². The Morgan fingerprint density at radius 2 is 1.74 bits per heavy atom. The molecule has 0 radical (unpaired) electrons. The number of nitrogens with one attached hydrogen (secondary N) is 2. The van der Waals surface area contributed by atoms with Gasteiger partial charge >= 0.3 is 0 Å². The minimum absolute atomic E-state index is 0.234. The van der Waals surface area contributed by atoms with Crippen molar-refractivity contribution in [1.29, 1.82) is 0 Å². The van der Waals surface area contributed by atoms with Gasteiger partial charge in [0.05, 0.1) is 36.8 Å². The zero-order valence-electron chi connectivity index (χ0n) is 21.5. The maximum Gasteiger partial charge on any atom is 0.229 e. The molecule has 1 saturated heterocycles. The molecule has 2 unspecified atom stereocenters. The van der Waals surface area contributed by atoms with Gasteiger partial charge in [0, 0.05) is 29.0 Å². The molecule has 0 spiro atoms. The lowest BCUT2D eigenvalue weighted by atomic mass is 9.96. The molecule has 1 aliphatic heterocycles. The van der Waals surface area contributed by atoms with E-state index < -0.39 is 10.0 Å². The van der Waals surface area contributed by atoms with Gasteiger partial charge in [0.1, 0.15) is 5.75 Å². The van der Waals surface area contributed by atoms with Gasteiger partial charge in [-0.25, -0.2) is 8.42 Å². The Hall–Kier alpha value is -3.89. The van der Waals surface area contributed by atoms with Gasteiger partial charge < -0.3 is 19.5 Å². The summed E-state index contributed by atoms with van der Waals surface area (Å²) in [7, 11) is -2.03. The summed E-state index contributed by atoms with van der Waals surface area (Å²) in [6.07, 6.45) is 2.88. The maximum atomic E-state index is 12.1. The highest BCUT2D eigenvalue weighted by molar-refractivity contribution is 7.92. The van der Waals surface area contributed by atoms with Crippen LogP contribution in [0.15, 0.2) is 79.0 Å². The van der Waals surface area contributed by atoms with Gasteiger partial charge in [0.15, 0.2) is 5.11 Å². The van der Waals surface area contributed by atoms with Gasteiger partial charge in [0.2, 0.25) is 10.0 Å². The van der Waals surface area contributed by atoms with Crippen molar-refractivity contribution in [3.63, 3.8) is 0 Å². The zero-order chi connectivity index (χ0) is 27.0. The fourth-order valence-corrected chi connectivity index (χ4v) is 6.04. The van der Waals surface area contributed by atoms with Crippen molar-refractivity contribution in [3.8, 4) is 11.4 Å². The van der Waals surface area contributed by atoms with E-state index in [0.29, 0.717) is 16.5 Å². The van der Waals surface area contributed by atoms with Gasteiger partial charge in [-0.1, -0.05) is 24.3 Å². The number of para-hydroxylation sites is 1. The first kappa shape index (κ1) is 25.7. The lowest BCUT2D eigenvalue weighted by Gasteiger charge is -2.29. The molecule has 0 amide bonds. The molecule has 3 heterocycles. The maximum absolute atomic E-state index is 12.1. The second kappa shape index (κ2) is 10.1. The molecule has 1 aliphatic rings. The van der Waals surface area contributed by atoms with Crippen LogP contribution in [0.2, 0.25) is 0 Å². The van der Waals surface area contributed by atoms with Crippen LogP contribution >= 0.6 is 12.2 Å². The summed E-state index contributed by atoms with van der Waals surface area (Å²) in [5, 5.41) is 3.99. The number of pyridine rings is 1. The van der Waals surface area contributed by atoms with E-state index in [2.05, 4.69) is 51.6 Å².